The van der Waals surface area contributed by atoms with E-state index in [1.54, 1.807) is 24.3 Å². The van der Waals surface area contributed by atoms with Crippen LogP contribution in [-0.2, 0) is 4.79 Å². The Morgan fingerprint density at radius 2 is 1.83 bits per heavy atom. The van der Waals surface area contributed by atoms with Crippen LogP contribution >= 0.6 is 38.9 Å². The van der Waals surface area contributed by atoms with Crippen LogP contribution in [0.3, 0.4) is 0 Å². The van der Waals surface area contributed by atoms with Gasteiger partial charge in [-0.1, -0.05) is 41.9 Å². The van der Waals surface area contributed by atoms with Crippen LogP contribution in [0.2, 0.25) is 5.02 Å². The third-order valence-electron chi connectivity index (χ3n) is 4.71. The second-order valence-electron chi connectivity index (χ2n) is 7.05. The van der Waals surface area contributed by atoms with Gasteiger partial charge in [0.2, 0.25) is 0 Å². The number of rotatable bonds is 8. The van der Waals surface area contributed by atoms with Crippen molar-refractivity contribution in [2.75, 3.05) is 13.7 Å². The molecule has 0 fully saturated rings. The molecule has 3 aromatic carbocycles. The van der Waals surface area contributed by atoms with Crippen LogP contribution in [0.15, 0.2) is 76.3 Å². The van der Waals surface area contributed by atoms with E-state index in [0.29, 0.717) is 27.0 Å². The first-order valence-corrected chi connectivity index (χ1v) is 12.2. The van der Waals surface area contributed by atoms with Crippen molar-refractivity contribution in [2.45, 2.75) is 0 Å². The van der Waals surface area contributed by atoms with Crippen molar-refractivity contribution >= 4 is 67.0 Å². The first-order chi connectivity index (χ1) is 17.0. The average molecular weight is 574 g/mol. The normalized spacial score (nSPS) is 10.9. The quantitative estimate of drug-likeness (QED) is 0.120. The van der Waals surface area contributed by atoms with E-state index in [2.05, 4.69) is 26.5 Å². The molecule has 0 spiro atoms. The molecule has 178 valence electrons. The Balaban J connectivity index is 1.38. The Bertz CT molecular complexity index is 1420. The number of fused-ring (bicyclic) bond motifs is 1. The first kappa shape index (κ1) is 24.7. The third kappa shape index (κ3) is 6.00. The van der Waals surface area contributed by atoms with Gasteiger partial charge in [0.25, 0.3) is 5.91 Å². The van der Waals surface area contributed by atoms with Gasteiger partial charge in [0, 0.05) is 10.1 Å². The fourth-order valence-electron chi connectivity index (χ4n) is 3.06. The average Bonchev–Trinajstić information content (AvgIpc) is 3.21. The van der Waals surface area contributed by atoms with E-state index in [9.17, 15) is 9.59 Å². The maximum atomic E-state index is 12.7. The molecule has 35 heavy (non-hydrogen) atoms. The molecule has 0 radical (unpaired) electrons. The molecule has 0 unspecified atom stereocenters. The van der Waals surface area contributed by atoms with Crippen molar-refractivity contribution < 1.29 is 23.8 Å². The smallest absolute Gasteiger partial charge is 0.355 e. The molecule has 1 aromatic heterocycles. The number of thiophene rings is 1. The molecule has 4 rings (SSSR count). The Hall–Kier alpha value is -3.40. The topological polar surface area (TPSA) is 86.2 Å². The molecule has 7 nitrogen and oxygen atoms in total. The third-order valence-corrected chi connectivity index (χ3v) is 7.02. The number of methoxy groups -OCH3 is 1. The predicted octanol–water partition coefficient (Wildman–Crippen LogP) is 6.07. The minimum atomic E-state index is -0.576. The van der Waals surface area contributed by atoms with Crippen LogP contribution in [0.1, 0.15) is 15.2 Å². The zero-order chi connectivity index (χ0) is 24.8. The summed E-state index contributed by atoms with van der Waals surface area (Å²) >= 11 is 11.0. The fourth-order valence-corrected chi connectivity index (χ4v) is 4.84. The molecule has 1 amide bonds. The molecular weight excluding hydrogens is 556 g/mol. The van der Waals surface area contributed by atoms with E-state index < -0.39 is 11.9 Å². The van der Waals surface area contributed by atoms with Crippen molar-refractivity contribution in [2.24, 2.45) is 5.10 Å². The Kier molecular flexibility index (Phi) is 8.02. The van der Waals surface area contributed by atoms with Crippen LogP contribution < -0.4 is 19.6 Å². The number of nitrogens with one attached hydrogen (secondary N) is 1. The lowest BCUT2D eigenvalue weighted by molar-refractivity contribution is -0.123. The summed E-state index contributed by atoms with van der Waals surface area (Å²) in [5.41, 5.74) is 3.02. The van der Waals surface area contributed by atoms with E-state index in [4.69, 9.17) is 25.8 Å². The minimum absolute atomic E-state index is 0.196. The van der Waals surface area contributed by atoms with E-state index in [-0.39, 0.29) is 12.4 Å². The SMILES string of the molecule is COc1cc(/C=N\NC(=O)COc2ccccc2Br)ccc1OC(=O)c1sc2ccccc2c1Cl. The van der Waals surface area contributed by atoms with E-state index in [1.807, 2.05) is 42.5 Å². The van der Waals surface area contributed by atoms with Gasteiger partial charge in [-0.15, -0.1) is 11.3 Å². The molecule has 0 aliphatic heterocycles. The van der Waals surface area contributed by atoms with Gasteiger partial charge in [0.1, 0.15) is 10.6 Å². The van der Waals surface area contributed by atoms with Crippen molar-refractivity contribution in [3.8, 4) is 17.2 Å². The highest BCUT2D eigenvalue weighted by Gasteiger charge is 2.20. The van der Waals surface area contributed by atoms with Crippen molar-refractivity contribution in [3.63, 3.8) is 0 Å². The molecule has 0 atom stereocenters. The van der Waals surface area contributed by atoms with Crippen molar-refractivity contribution in [3.05, 3.63) is 86.7 Å². The highest BCUT2D eigenvalue weighted by molar-refractivity contribution is 9.10. The summed E-state index contributed by atoms with van der Waals surface area (Å²) in [6.45, 7) is -0.196. The largest absolute Gasteiger partial charge is 0.493 e. The molecule has 0 saturated carbocycles. The van der Waals surface area contributed by atoms with Crippen LogP contribution in [0.4, 0.5) is 0 Å². The predicted molar refractivity (Wildman–Crippen MR) is 140 cm³/mol. The maximum absolute atomic E-state index is 12.7. The number of ether oxygens (including phenoxy) is 3. The van der Waals surface area contributed by atoms with Crippen LogP contribution in [0.25, 0.3) is 10.1 Å². The highest BCUT2D eigenvalue weighted by Crippen LogP contribution is 2.37. The molecule has 0 aliphatic rings. The zero-order valence-corrected chi connectivity index (χ0v) is 21.4. The molecule has 0 bridgehead atoms. The van der Waals surface area contributed by atoms with E-state index in [1.165, 1.54) is 24.7 Å². The number of hydrogen-bond acceptors (Lipinski definition) is 7. The Morgan fingerprint density at radius 3 is 2.60 bits per heavy atom. The molecule has 0 aliphatic carbocycles. The number of nitrogens with zero attached hydrogens (tertiary/aromatic N) is 1. The second-order valence-corrected chi connectivity index (χ2v) is 9.34. The summed E-state index contributed by atoms with van der Waals surface area (Å²) in [6, 6.07) is 19.6. The fraction of sp³-hybridized carbons (Fsp3) is 0.0800. The van der Waals surface area contributed by atoms with Gasteiger partial charge in [0.05, 0.1) is 22.8 Å². The monoisotopic (exact) mass is 572 g/mol. The lowest BCUT2D eigenvalue weighted by Crippen LogP contribution is -2.24. The lowest BCUT2D eigenvalue weighted by Gasteiger charge is -2.09. The van der Waals surface area contributed by atoms with Crippen molar-refractivity contribution in [1.29, 1.82) is 0 Å². The van der Waals surface area contributed by atoms with Crippen LogP contribution in [0.5, 0.6) is 17.2 Å². The maximum Gasteiger partial charge on any atom is 0.355 e. The first-order valence-electron chi connectivity index (χ1n) is 10.2. The minimum Gasteiger partial charge on any atom is -0.493 e. The number of amides is 1. The summed E-state index contributed by atoms with van der Waals surface area (Å²) < 4.78 is 18.0. The summed E-state index contributed by atoms with van der Waals surface area (Å²) in [6.07, 6.45) is 1.44. The summed E-state index contributed by atoms with van der Waals surface area (Å²) in [5, 5.41) is 5.09. The molecular formula is C25H18BrClN2O5S. The number of halogens is 2. The number of carbonyl (C=O) groups excluding carboxylic acids is 2. The number of para-hydroxylation sites is 1. The summed E-state index contributed by atoms with van der Waals surface area (Å²) in [7, 11) is 1.46. The van der Waals surface area contributed by atoms with Gasteiger partial charge < -0.3 is 14.2 Å². The summed E-state index contributed by atoms with van der Waals surface area (Å²) in [4.78, 5) is 25.0. The summed E-state index contributed by atoms with van der Waals surface area (Å²) in [5.74, 6) is 0.110. The molecule has 1 heterocycles. The zero-order valence-electron chi connectivity index (χ0n) is 18.3. The molecule has 0 saturated heterocycles. The number of carbonyl (C=O) groups is 2. The number of hydrazone groups is 1. The molecule has 10 heteroatoms. The Morgan fingerprint density at radius 1 is 1.06 bits per heavy atom. The van der Waals surface area contributed by atoms with Gasteiger partial charge >= 0.3 is 5.97 Å². The lowest BCUT2D eigenvalue weighted by atomic mass is 10.2. The Labute approximate surface area is 218 Å². The van der Waals surface area contributed by atoms with E-state index in [0.717, 1.165) is 14.6 Å². The van der Waals surface area contributed by atoms with Crippen molar-refractivity contribution in [1.82, 2.24) is 5.43 Å². The number of benzene rings is 3. The molecule has 1 N–H and O–H groups in total. The highest BCUT2D eigenvalue weighted by atomic mass is 79.9. The van der Waals surface area contributed by atoms with Crippen LogP contribution in [-0.4, -0.2) is 31.8 Å². The molecule has 4 aromatic rings. The number of esters is 1. The van der Waals surface area contributed by atoms with Crippen LogP contribution in [0, 0.1) is 0 Å². The van der Waals surface area contributed by atoms with Gasteiger partial charge in [-0.3, -0.25) is 4.79 Å². The standard InChI is InChI=1S/C25H18BrClN2O5S/c1-32-20-12-15(13-28-29-22(30)14-33-18-8-4-3-7-17(18)26)10-11-19(20)34-25(31)24-23(27)16-6-2-5-9-21(16)35-24/h2-13H,14H2,1H3,(H,29,30)/b28-13-. The van der Waals surface area contributed by atoms with Gasteiger partial charge in [-0.25, -0.2) is 10.2 Å². The van der Waals surface area contributed by atoms with Gasteiger partial charge in [-0.2, -0.15) is 5.10 Å². The van der Waals surface area contributed by atoms with Gasteiger partial charge in [0.15, 0.2) is 18.1 Å². The van der Waals surface area contributed by atoms with E-state index >= 15 is 0 Å². The second kappa shape index (κ2) is 11.4. The van der Waals surface area contributed by atoms with Gasteiger partial charge in [-0.05, 0) is 57.9 Å². The number of hydrogen-bond donors (Lipinski definition) is 1.